The lowest BCUT2D eigenvalue weighted by Crippen LogP contribution is -2.28. The first kappa shape index (κ1) is 10.3. The maximum absolute atomic E-state index is 11.2. The normalized spacial score (nSPS) is 9.50. The molecule has 0 saturated heterocycles. The van der Waals surface area contributed by atoms with Gasteiger partial charge in [-0.05, 0) is 13.8 Å². The standard InChI is InChI=1S/C9H12N4O/c1-4-5-10-9(14)6-13-8(3)11-7(2)12-13/h1H,5-6H2,2-3H3,(H,10,14). The number of nitrogens with zero attached hydrogens (tertiary/aromatic N) is 3. The van der Waals surface area contributed by atoms with Gasteiger partial charge in [0.1, 0.15) is 18.2 Å². The molecule has 0 atom stereocenters. The molecule has 1 N–H and O–H groups in total. The van der Waals surface area contributed by atoms with E-state index in [9.17, 15) is 4.79 Å². The van der Waals surface area contributed by atoms with Crippen molar-refractivity contribution in [1.82, 2.24) is 20.1 Å². The molecule has 1 aromatic heterocycles. The largest absolute Gasteiger partial charge is 0.344 e. The molecule has 0 radical (unpaired) electrons. The van der Waals surface area contributed by atoms with E-state index in [1.54, 1.807) is 18.5 Å². The first-order chi connectivity index (χ1) is 6.63. The van der Waals surface area contributed by atoms with Gasteiger partial charge in [-0.3, -0.25) is 4.79 Å². The molecule has 5 heteroatoms. The van der Waals surface area contributed by atoms with Crippen molar-refractivity contribution in [2.75, 3.05) is 6.54 Å². The van der Waals surface area contributed by atoms with Crippen LogP contribution in [0.4, 0.5) is 0 Å². The quantitative estimate of drug-likeness (QED) is 0.665. The molecule has 14 heavy (non-hydrogen) atoms. The Labute approximate surface area is 82.5 Å². The second-order valence-electron chi connectivity index (χ2n) is 2.84. The zero-order chi connectivity index (χ0) is 10.6. The Morgan fingerprint density at radius 1 is 1.64 bits per heavy atom. The molecule has 0 saturated carbocycles. The number of hydrogen-bond acceptors (Lipinski definition) is 3. The minimum atomic E-state index is -0.157. The van der Waals surface area contributed by atoms with E-state index in [1.807, 2.05) is 0 Å². The van der Waals surface area contributed by atoms with Crippen molar-refractivity contribution in [3.63, 3.8) is 0 Å². The van der Waals surface area contributed by atoms with E-state index in [4.69, 9.17) is 6.42 Å². The zero-order valence-electron chi connectivity index (χ0n) is 8.24. The number of aromatic nitrogens is 3. The van der Waals surface area contributed by atoms with Crippen LogP contribution in [-0.4, -0.2) is 27.2 Å². The fourth-order valence-corrected chi connectivity index (χ4v) is 1.05. The van der Waals surface area contributed by atoms with Gasteiger partial charge in [0.05, 0.1) is 6.54 Å². The lowest BCUT2D eigenvalue weighted by atomic mass is 10.5. The average Bonchev–Trinajstić information content (AvgIpc) is 2.42. The number of carbonyl (C=O) groups is 1. The minimum absolute atomic E-state index is 0.157. The van der Waals surface area contributed by atoms with Crippen LogP contribution in [0.1, 0.15) is 11.6 Å². The summed E-state index contributed by atoms with van der Waals surface area (Å²) in [4.78, 5) is 15.3. The van der Waals surface area contributed by atoms with Gasteiger partial charge in [-0.1, -0.05) is 5.92 Å². The van der Waals surface area contributed by atoms with Crippen LogP contribution in [0.5, 0.6) is 0 Å². The number of amides is 1. The van der Waals surface area contributed by atoms with Gasteiger partial charge in [0, 0.05) is 0 Å². The molecule has 0 aliphatic heterocycles. The molecule has 0 aliphatic carbocycles. The van der Waals surface area contributed by atoms with Crippen molar-refractivity contribution in [3.05, 3.63) is 11.6 Å². The molecule has 1 rings (SSSR count). The molecule has 0 aromatic carbocycles. The Hall–Kier alpha value is -1.83. The summed E-state index contributed by atoms with van der Waals surface area (Å²) in [6.45, 7) is 3.98. The monoisotopic (exact) mass is 192 g/mol. The van der Waals surface area contributed by atoms with Gasteiger partial charge in [0.2, 0.25) is 5.91 Å². The minimum Gasteiger partial charge on any atom is -0.344 e. The summed E-state index contributed by atoms with van der Waals surface area (Å²) in [5, 5.41) is 6.60. The first-order valence-corrected chi connectivity index (χ1v) is 4.21. The van der Waals surface area contributed by atoms with Crippen LogP contribution in [0, 0.1) is 26.2 Å². The summed E-state index contributed by atoms with van der Waals surface area (Å²) in [5.41, 5.74) is 0. The van der Waals surface area contributed by atoms with Crippen molar-refractivity contribution < 1.29 is 4.79 Å². The highest BCUT2D eigenvalue weighted by atomic mass is 16.2. The van der Waals surface area contributed by atoms with E-state index >= 15 is 0 Å². The van der Waals surface area contributed by atoms with Crippen molar-refractivity contribution in [3.8, 4) is 12.3 Å². The fourth-order valence-electron chi connectivity index (χ4n) is 1.05. The van der Waals surface area contributed by atoms with E-state index in [1.165, 1.54) is 0 Å². The Bertz CT molecular complexity index is 375. The Balaban J connectivity index is 2.56. The highest BCUT2D eigenvalue weighted by Gasteiger charge is 2.06. The fraction of sp³-hybridized carbons (Fsp3) is 0.444. The van der Waals surface area contributed by atoms with Gasteiger partial charge >= 0.3 is 0 Å². The van der Waals surface area contributed by atoms with Crippen LogP contribution in [-0.2, 0) is 11.3 Å². The summed E-state index contributed by atoms with van der Waals surface area (Å²) in [6.07, 6.45) is 5.00. The SMILES string of the molecule is C#CCNC(=O)Cn1nc(C)nc1C. The number of terminal acetylenes is 1. The van der Waals surface area contributed by atoms with Crippen LogP contribution in [0.25, 0.3) is 0 Å². The van der Waals surface area contributed by atoms with E-state index in [2.05, 4.69) is 21.3 Å². The number of aryl methyl sites for hydroxylation is 2. The summed E-state index contributed by atoms with van der Waals surface area (Å²) in [7, 11) is 0. The molecule has 5 nitrogen and oxygen atoms in total. The highest BCUT2D eigenvalue weighted by Crippen LogP contribution is 1.94. The molecular formula is C9H12N4O. The molecule has 1 aromatic rings. The van der Waals surface area contributed by atoms with E-state index in [0.29, 0.717) is 5.82 Å². The van der Waals surface area contributed by atoms with Crippen molar-refractivity contribution in [2.45, 2.75) is 20.4 Å². The van der Waals surface area contributed by atoms with Gasteiger partial charge in [-0.2, -0.15) is 5.10 Å². The molecule has 0 fully saturated rings. The predicted molar refractivity (Wildman–Crippen MR) is 51.3 cm³/mol. The van der Waals surface area contributed by atoms with Gasteiger partial charge < -0.3 is 5.32 Å². The number of carbonyl (C=O) groups excluding carboxylic acids is 1. The molecule has 1 amide bonds. The van der Waals surface area contributed by atoms with Crippen LogP contribution in [0.15, 0.2) is 0 Å². The Morgan fingerprint density at radius 2 is 2.36 bits per heavy atom. The summed E-state index contributed by atoms with van der Waals surface area (Å²) in [5.74, 6) is 3.55. The maximum atomic E-state index is 11.2. The Morgan fingerprint density at radius 3 is 2.86 bits per heavy atom. The first-order valence-electron chi connectivity index (χ1n) is 4.21. The lowest BCUT2D eigenvalue weighted by Gasteiger charge is -2.02. The van der Waals surface area contributed by atoms with Crippen molar-refractivity contribution >= 4 is 5.91 Å². The van der Waals surface area contributed by atoms with E-state index in [0.717, 1.165) is 5.82 Å². The molecule has 0 unspecified atom stereocenters. The average molecular weight is 192 g/mol. The second kappa shape index (κ2) is 4.42. The van der Waals surface area contributed by atoms with Gasteiger partial charge in [0.15, 0.2) is 0 Å². The maximum Gasteiger partial charge on any atom is 0.242 e. The number of rotatable bonds is 3. The number of hydrogen-bond donors (Lipinski definition) is 1. The Kier molecular flexibility index (Phi) is 3.24. The molecule has 0 spiro atoms. The molecule has 0 aliphatic rings. The van der Waals surface area contributed by atoms with Gasteiger partial charge in [-0.15, -0.1) is 6.42 Å². The van der Waals surface area contributed by atoms with Crippen molar-refractivity contribution in [1.29, 1.82) is 0 Å². The summed E-state index contributed by atoms with van der Waals surface area (Å²) >= 11 is 0. The summed E-state index contributed by atoms with van der Waals surface area (Å²) in [6, 6.07) is 0. The number of nitrogens with one attached hydrogen (secondary N) is 1. The topological polar surface area (TPSA) is 59.8 Å². The van der Waals surface area contributed by atoms with E-state index in [-0.39, 0.29) is 19.0 Å². The van der Waals surface area contributed by atoms with E-state index < -0.39 is 0 Å². The zero-order valence-corrected chi connectivity index (χ0v) is 8.24. The van der Waals surface area contributed by atoms with Crippen molar-refractivity contribution in [2.24, 2.45) is 0 Å². The lowest BCUT2D eigenvalue weighted by molar-refractivity contribution is -0.121. The predicted octanol–water partition coefficient (Wildman–Crippen LogP) is -0.356. The van der Waals surface area contributed by atoms with Crippen LogP contribution >= 0.6 is 0 Å². The second-order valence-corrected chi connectivity index (χ2v) is 2.84. The molecule has 1 heterocycles. The smallest absolute Gasteiger partial charge is 0.242 e. The molecular weight excluding hydrogens is 180 g/mol. The van der Waals surface area contributed by atoms with Crippen LogP contribution < -0.4 is 5.32 Å². The van der Waals surface area contributed by atoms with Gasteiger partial charge in [-0.25, -0.2) is 9.67 Å². The third-order valence-corrected chi connectivity index (χ3v) is 1.64. The van der Waals surface area contributed by atoms with Crippen LogP contribution in [0.2, 0.25) is 0 Å². The highest BCUT2D eigenvalue weighted by molar-refractivity contribution is 5.75. The molecule has 0 bridgehead atoms. The third kappa shape index (κ3) is 2.59. The molecule has 74 valence electrons. The van der Waals surface area contributed by atoms with Gasteiger partial charge in [0.25, 0.3) is 0 Å². The summed E-state index contributed by atoms with van der Waals surface area (Å²) < 4.78 is 1.54. The van der Waals surface area contributed by atoms with Crippen LogP contribution in [0.3, 0.4) is 0 Å². The third-order valence-electron chi connectivity index (χ3n) is 1.64.